The summed E-state index contributed by atoms with van der Waals surface area (Å²) in [6.45, 7) is 1.95. The van der Waals surface area contributed by atoms with Gasteiger partial charge in [0.1, 0.15) is 0 Å². The van der Waals surface area contributed by atoms with Crippen LogP contribution < -0.4 is 4.90 Å². The molecule has 0 saturated heterocycles. The molecular formula is C18H16ClNO3S. The lowest BCUT2D eigenvalue weighted by Crippen LogP contribution is -2.41. The van der Waals surface area contributed by atoms with Crippen LogP contribution in [0, 0.1) is 6.92 Å². The highest BCUT2D eigenvalue weighted by Gasteiger charge is 2.31. The van der Waals surface area contributed by atoms with Crippen molar-refractivity contribution in [2.45, 2.75) is 13.0 Å². The van der Waals surface area contributed by atoms with Crippen molar-refractivity contribution >= 4 is 33.0 Å². The molecule has 0 bridgehead atoms. The zero-order valence-electron chi connectivity index (χ0n) is 13.0. The van der Waals surface area contributed by atoms with Crippen molar-refractivity contribution in [3.63, 3.8) is 0 Å². The van der Waals surface area contributed by atoms with Crippen LogP contribution in [0.15, 0.2) is 60.0 Å². The second-order valence-electron chi connectivity index (χ2n) is 5.74. The summed E-state index contributed by atoms with van der Waals surface area (Å²) in [7, 11) is -3.27. The summed E-state index contributed by atoms with van der Waals surface area (Å²) in [5, 5.41) is 1.71. The van der Waals surface area contributed by atoms with E-state index in [1.54, 1.807) is 30.3 Å². The van der Waals surface area contributed by atoms with Gasteiger partial charge < -0.3 is 4.90 Å². The van der Waals surface area contributed by atoms with Crippen LogP contribution >= 0.6 is 11.6 Å². The highest BCUT2D eigenvalue weighted by molar-refractivity contribution is 7.94. The van der Waals surface area contributed by atoms with E-state index in [0.717, 1.165) is 5.56 Å². The molecule has 24 heavy (non-hydrogen) atoms. The summed E-state index contributed by atoms with van der Waals surface area (Å²) in [4.78, 5) is 14.5. The van der Waals surface area contributed by atoms with Crippen LogP contribution in [0.5, 0.6) is 0 Å². The minimum atomic E-state index is -3.27. The fraction of sp³-hybridized carbons (Fsp3) is 0.167. The zero-order valence-corrected chi connectivity index (χ0v) is 14.6. The van der Waals surface area contributed by atoms with Gasteiger partial charge in [-0.25, -0.2) is 8.42 Å². The molecule has 1 atom stereocenters. The minimum Gasteiger partial charge on any atom is -0.300 e. The molecule has 0 saturated carbocycles. The Kier molecular flexibility index (Phi) is 4.47. The maximum atomic E-state index is 13.0. The molecule has 0 spiro atoms. The molecule has 1 heterocycles. The van der Waals surface area contributed by atoms with Gasteiger partial charge in [0.15, 0.2) is 9.84 Å². The van der Waals surface area contributed by atoms with Gasteiger partial charge in [-0.3, -0.25) is 4.79 Å². The number of hydrogen-bond donors (Lipinski definition) is 0. The van der Waals surface area contributed by atoms with Crippen molar-refractivity contribution in [1.29, 1.82) is 0 Å². The van der Waals surface area contributed by atoms with E-state index in [0.29, 0.717) is 16.3 Å². The molecular weight excluding hydrogens is 346 g/mol. The molecule has 0 unspecified atom stereocenters. The Labute approximate surface area is 146 Å². The first-order valence-corrected chi connectivity index (χ1v) is 9.52. The second kappa shape index (κ2) is 6.42. The average Bonchev–Trinajstić information content (AvgIpc) is 2.90. The number of amides is 1. The Bertz CT molecular complexity index is 887. The molecule has 4 nitrogen and oxygen atoms in total. The second-order valence-corrected chi connectivity index (χ2v) is 8.11. The van der Waals surface area contributed by atoms with Crippen molar-refractivity contribution in [3.8, 4) is 0 Å². The van der Waals surface area contributed by atoms with Crippen molar-refractivity contribution in [2.24, 2.45) is 0 Å². The van der Waals surface area contributed by atoms with Gasteiger partial charge in [0.25, 0.3) is 5.91 Å². The molecule has 0 N–H and O–H groups in total. The molecule has 2 aromatic rings. The maximum absolute atomic E-state index is 13.0. The summed E-state index contributed by atoms with van der Waals surface area (Å²) in [5.41, 5.74) is 2.18. The molecule has 0 fully saturated rings. The monoisotopic (exact) mass is 361 g/mol. The van der Waals surface area contributed by atoms with Gasteiger partial charge in [-0.1, -0.05) is 29.3 Å². The van der Waals surface area contributed by atoms with E-state index in [4.69, 9.17) is 11.6 Å². The number of nitrogens with zero attached hydrogens (tertiary/aromatic N) is 1. The number of carbonyl (C=O) groups excluding carboxylic acids is 1. The molecule has 0 aliphatic carbocycles. The van der Waals surface area contributed by atoms with E-state index in [9.17, 15) is 13.2 Å². The number of rotatable bonds is 3. The normalized spacial score (nSPS) is 18.5. The van der Waals surface area contributed by atoms with Crippen LogP contribution in [0.4, 0.5) is 5.69 Å². The smallest absolute Gasteiger partial charge is 0.258 e. The zero-order chi connectivity index (χ0) is 17.3. The van der Waals surface area contributed by atoms with Crippen LogP contribution in [0.25, 0.3) is 0 Å². The van der Waals surface area contributed by atoms with Gasteiger partial charge in [-0.15, -0.1) is 0 Å². The molecule has 1 aliphatic heterocycles. The Morgan fingerprint density at radius 3 is 2.25 bits per heavy atom. The van der Waals surface area contributed by atoms with Gasteiger partial charge in [0.2, 0.25) is 0 Å². The molecule has 0 radical (unpaired) electrons. The first kappa shape index (κ1) is 16.7. The van der Waals surface area contributed by atoms with Crippen LogP contribution in [-0.4, -0.2) is 26.1 Å². The largest absolute Gasteiger partial charge is 0.300 e. The predicted octanol–water partition coefficient (Wildman–Crippen LogP) is 3.61. The maximum Gasteiger partial charge on any atom is 0.258 e. The predicted molar refractivity (Wildman–Crippen MR) is 96.2 cm³/mol. The number of sulfone groups is 1. The van der Waals surface area contributed by atoms with Crippen LogP contribution in [0.2, 0.25) is 5.02 Å². The molecule has 1 amide bonds. The number of carbonyl (C=O) groups is 1. The summed E-state index contributed by atoms with van der Waals surface area (Å²) in [6.07, 6.45) is 1.56. The van der Waals surface area contributed by atoms with E-state index in [1.165, 1.54) is 10.3 Å². The summed E-state index contributed by atoms with van der Waals surface area (Å²) in [5.74, 6) is -0.373. The van der Waals surface area contributed by atoms with Gasteiger partial charge in [0.05, 0.1) is 11.8 Å². The van der Waals surface area contributed by atoms with Gasteiger partial charge in [0, 0.05) is 21.7 Å². The third kappa shape index (κ3) is 3.52. The van der Waals surface area contributed by atoms with E-state index >= 15 is 0 Å². The van der Waals surface area contributed by atoms with Gasteiger partial charge >= 0.3 is 0 Å². The van der Waals surface area contributed by atoms with E-state index < -0.39 is 15.9 Å². The van der Waals surface area contributed by atoms with Crippen molar-refractivity contribution < 1.29 is 13.2 Å². The highest BCUT2D eigenvalue weighted by Crippen LogP contribution is 2.25. The molecule has 124 valence electrons. The third-order valence-corrected chi connectivity index (χ3v) is 5.49. The number of hydrogen-bond acceptors (Lipinski definition) is 3. The topological polar surface area (TPSA) is 54.5 Å². The fourth-order valence-electron chi connectivity index (χ4n) is 2.62. The van der Waals surface area contributed by atoms with Crippen LogP contribution in [0.1, 0.15) is 15.9 Å². The Morgan fingerprint density at radius 2 is 1.71 bits per heavy atom. The molecule has 2 aromatic carbocycles. The van der Waals surface area contributed by atoms with Gasteiger partial charge in [-0.2, -0.15) is 0 Å². The first-order chi connectivity index (χ1) is 11.4. The number of benzene rings is 2. The number of halogens is 1. The average molecular weight is 362 g/mol. The van der Waals surface area contributed by atoms with Crippen LogP contribution in [-0.2, 0) is 9.84 Å². The first-order valence-electron chi connectivity index (χ1n) is 7.42. The third-order valence-electron chi connectivity index (χ3n) is 3.86. The van der Waals surface area contributed by atoms with Crippen LogP contribution in [0.3, 0.4) is 0 Å². The quantitative estimate of drug-likeness (QED) is 0.839. The lowest BCUT2D eigenvalue weighted by Gasteiger charge is -2.28. The Balaban J connectivity index is 2.01. The van der Waals surface area contributed by atoms with Crippen molar-refractivity contribution in [2.75, 3.05) is 10.7 Å². The molecule has 1 aliphatic rings. The summed E-state index contributed by atoms with van der Waals surface area (Å²) in [6, 6.07) is 13.5. The highest BCUT2D eigenvalue weighted by atomic mass is 35.5. The Hall–Kier alpha value is -2.11. The summed E-state index contributed by atoms with van der Waals surface area (Å²) >= 11 is 5.88. The SMILES string of the molecule is Cc1ccc(N(C(=O)c2ccc(Cl)cc2)[C@@H]2C=CS(=O)(=O)C2)cc1. The summed E-state index contributed by atoms with van der Waals surface area (Å²) < 4.78 is 23.6. The number of aryl methyl sites for hydroxylation is 1. The fourth-order valence-corrected chi connectivity index (χ4v) is 4.01. The van der Waals surface area contributed by atoms with Gasteiger partial charge in [-0.05, 0) is 49.4 Å². The lowest BCUT2D eigenvalue weighted by molar-refractivity contribution is 0.0983. The van der Waals surface area contributed by atoms with Crippen molar-refractivity contribution in [3.05, 3.63) is 76.2 Å². The van der Waals surface area contributed by atoms with Crippen molar-refractivity contribution in [1.82, 2.24) is 0 Å². The molecule has 6 heteroatoms. The molecule has 0 aromatic heterocycles. The minimum absolute atomic E-state index is 0.111. The standard InChI is InChI=1S/C18H16ClNO3S/c1-13-2-8-16(9-3-13)20(17-10-11-24(22,23)12-17)18(21)14-4-6-15(19)7-5-14/h2-11,17H,12H2,1H3/t17-/m1/s1. The van der Waals surface area contributed by atoms with E-state index in [1.807, 2.05) is 31.2 Å². The van der Waals surface area contributed by atoms with E-state index in [2.05, 4.69) is 0 Å². The lowest BCUT2D eigenvalue weighted by atomic mass is 10.1. The molecule has 3 rings (SSSR count). The van der Waals surface area contributed by atoms with E-state index in [-0.39, 0.29) is 11.7 Å². The number of anilines is 1. The Morgan fingerprint density at radius 1 is 1.08 bits per heavy atom.